The maximum Gasteiger partial charge on any atom is 0.116 e. The van der Waals surface area contributed by atoms with E-state index in [0.29, 0.717) is 0 Å². The second kappa shape index (κ2) is 4.16. The second-order valence-corrected chi connectivity index (χ2v) is 2.64. The molecule has 0 bridgehead atoms. The number of alkyl halides is 3. The Labute approximate surface area is 73.8 Å². The standard InChI is InChI=1S/C9H9F3O/c10-3-6-1-8(13)2-7(4-11)9(6)5-12/h1-2,13H,3-5H2. The van der Waals surface area contributed by atoms with Crippen LogP contribution in [0.5, 0.6) is 5.75 Å². The third-order valence-corrected chi connectivity index (χ3v) is 1.84. The van der Waals surface area contributed by atoms with Gasteiger partial charge < -0.3 is 5.11 Å². The number of benzene rings is 1. The number of rotatable bonds is 3. The number of hydrogen-bond donors (Lipinski definition) is 1. The third-order valence-electron chi connectivity index (χ3n) is 1.84. The van der Waals surface area contributed by atoms with E-state index in [4.69, 9.17) is 5.11 Å². The smallest absolute Gasteiger partial charge is 0.116 e. The van der Waals surface area contributed by atoms with Gasteiger partial charge in [-0.3, -0.25) is 0 Å². The van der Waals surface area contributed by atoms with Crippen molar-refractivity contribution in [2.45, 2.75) is 20.0 Å². The summed E-state index contributed by atoms with van der Waals surface area (Å²) in [5, 5.41) is 9.02. The molecule has 0 saturated heterocycles. The first-order valence-electron chi connectivity index (χ1n) is 3.74. The van der Waals surface area contributed by atoms with Crippen LogP contribution in [0.25, 0.3) is 0 Å². The van der Waals surface area contributed by atoms with Gasteiger partial charge in [0.2, 0.25) is 0 Å². The lowest BCUT2D eigenvalue weighted by molar-refractivity contribution is 0.426. The van der Waals surface area contributed by atoms with Gasteiger partial charge in [0, 0.05) is 0 Å². The van der Waals surface area contributed by atoms with Crippen molar-refractivity contribution in [1.29, 1.82) is 0 Å². The Hall–Kier alpha value is -1.19. The van der Waals surface area contributed by atoms with Crippen LogP contribution in [0.15, 0.2) is 12.1 Å². The van der Waals surface area contributed by atoms with Crippen molar-refractivity contribution in [2.75, 3.05) is 0 Å². The lowest BCUT2D eigenvalue weighted by Crippen LogP contribution is -1.95. The Morgan fingerprint density at radius 1 is 0.923 bits per heavy atom. The normalized spacial score (nSPS) is 10.4. The molecule has 0 aliphatic carbocycles. The van der Waals surface area contributed by atoms with E-state index in [-0.39, 0.29) is 22.4 Å². The molecule has 0 aromatic heterocycles. The molecule has 1 rings (SSSR count). The maximum absolute atomic E-state index is 12.3. The van der Waals surface area contributed by atoms with E-state index in [1.54, 1.807) is 0 Å². The summed E-state index contributed by atoms with van der Waals surface area (Å²) in [4.78, 5) is 0. The molecule has 0 aliphatic rings. The van der Waals surface area contributed by atoms with E-state index in [9.17, 15) is 13.2 Å². The molecule has 72 valence electrons. The first-order chi connectivity index (χ1) is 6.22. The summed E-state index contributed by atoms with van der Waals surface area (Å²) < 4.78 is 36.9. The molecule has 1 nitrogen and oxygen atoms in total. The van der Waals surface area contributed by atoms with Gasteiger partial charge in [-0.2, -0.15) is 0 Å². The molecular formula is C9H9F3O. The molecule has 13 heavy (non-hydrogen) atoms. The monoisotopic (exact) mass is 190 g/mol. The highest BCUT2D eigenvalue weighted by Gasteiger charge is 2.10. The Morgan fingerprint density at radius 3 is 1.69 bits per heavy atom. The summed E-state index contributed by atoms with van der Waals surface area (Å²) in [7, 11) is 0. The number of hydrogen-bond acceptors (Lipinski definition) is 1. The number of phenolic OH excluding ortho intramolecular Hbond substituents is 1. The highest BCUT2D eigenvalue weighted by molar-refractivity contribution is 5.40. The second-order valence-electron chi connectivity index (χ2n) is 2.64. The Morgan fingerprint density at radius 2 is 1.38 bits per heavy atom. The fourth-order valence-corrected chi connectivity index (χ4v) is 1.19. The number of phenols is 1. The van der Waals surface area contributed by atoms with E-state index in [1.807, 2.05) is 0 Å². The molecule has 0 saturated carbocycles. The maximum atomic E-state index is 12.3. The van der Waals surface area contributed by atoms with Gasteiger partial charge in [0.25, 0.3) is 0 Å². The van der Waals surface area contributed by atoms with Crippen molar-refractivity contribution in [2.24, 2.45) is 0 Å². The zero-order chi connectivity index (χ0) is 9.84. The van der Waals surface area contributed by atoms with Crippen molar-refractivity contribution < 1.29 is 18.3 Å². The molecule has 0 spiro atoms. The lowest BCUT2D eigenvalue weighted by Gasteiger charge is -2.08. The summed E-state index contributed by atoms with van der Waals surface area (Å²) in [6, 6.07) is 2.21. The van der Waals surface area contributed by atoms with Gasteiger partial charge in [-0.1, -0.05) is 0 Å². The summed E-state index contributed by atoms with van der Waals surface area (Å²) in [5.41, 5.74) is 0.0214. The summed E-state index contributed by atoms with van der Waals surface area (Å²) in [6.45, 7) is -2.72. The zero-order valence-electron chi connectivity index (χ0n) is 6.86. The van der Waals surface area contributed by atoms with Crippen molar-refractivity contribution in [3.8, 4) is 5.75 Å². The first kappa shape index (κ1) is 9.89. The first-order valence-corrected chi connectivity index (χ1v) is 3.74. The third kappa shape index (κ3) is 1.94. The fraction of sp³-hybridized carbons (Fsp3) is 0.333. The van der Waals surface area contributed by atoms with Crippen LogP contribution in [0.1, 0.15) is 16.7 Å². The molecule has 1 N–H and O–H groups in total. The van der Waals surface area contributed by atoms with Crippen molar-refractivity contribution >= 4 is 0 Å². The number of aromatic hydroxyl groups is 1. The van der Waals surface area contributed by atoms with Crippen LogP contribution in [0.3, 0.4) is 0 Å². The predicted molar refractivity (Wildman–Crippen MR) is 42.5 cm³/mol. The van der Waals surface area contributed by atoms with E-state index in [2.05, 4.69) is 0 Å². The SMILES string of the molecule is Oc1cc(CF)c(CF)c(CF)c1. The molecular weight excluding hydrogens is 181 g/mol. The summed E-state index contributed by atoms with van der Waals surface area (Å²) in [6.07, 6.45) is 0. The lowest BCUT2D eigenvalue weighted by atomic mass is 10.0. The van der Waals surface area contributed by atoms with Gasteiger partial charge in [0.05, 0.1) is 0 Å². The van der Waals surface area contributed by atoms with E-state index in [0.717, 1.165) is 12.1 Å². The van der Waals surface area contributed by atoms with Crippen LogP contribution in [0.2, 0.25) is 0 Å². The van der Waals surface area contributed by atoms with Crippen LogP contribution in [0, 0.1) is 0 Å². The van der Waals surface area contributed by atoms with Crippen molar-refractivity contribution in [3.63, 3.8) is 0 Å². The highest BCUT2D eigenvalue weighted by atomic mass is 19.1. The predicted octanol–water partition coefficient (Wildman–Crippen LogP) is 2.80. The Kier molecular flexibility index (Phi) is 3.17. The van der Waals surface area contributed by atoms with Crippen LogP contribution < -0.4 is 0 Å². The molecule has 0 heterocycles. The van der Waals surface area contributed by atoms with E-state index in [1.165, 1.54) is 0 Å². The quantitative estimate of drug-likeness (QED) is 0.776. The molecule has 0 amide bonds. The van der Waals surface area contributed by atoms with E-state index < -0.39 is 20.0 Å². The average molecular weight is 190 g/mol. The molecule has 0 radical (unpaired) electrons. The molecule has 0 atom stereocenters. The largest absolute Gasteiger partial charge is 0.508 e. The van der Waals surface area contributed by atoms with E-state index >= 15 is 0 Å². The summed E-state index contributed by atoms with van der Waals surface area (Å²) >= 11 is 0. The Bertz CT molecular complexity index is 274. The minimum Gasteiger partial charge on any atom is -0.508 e. The van der Waals surface area contributed by atoms with Gasteiger partial charge in [-0.25, -0.2) is 13.2 Å². The topological polar surface area (TPSA) is 20.2 Å². The molecule has 1 aromatic rings. The van der Waals surface area contributed by atoms with Gasteiger partial charge in [0.15, 0.2) is 0 Å². The van der Waals surface area contributed by atoms with Crippen LogP contribution in [-0.4, -0.2) is 5.11 Å². The minimum absolute atomic E-state index is 0.00259. The fourth-order valence-electron chi connectivity index (χ4n) is 1.19. The number of halogens is 3. The minimum atomic E-state index is -0.918. The van der Waals surface area contributed by atoms with Crippen LogP contribution in [-0.2, 0) is 20.0 Å². The highest BCUT2D eigenvalue weighted by Crippen LogP contribution is 2.24. The zero-order valence-corrected chi connectivity index (χ0v) is 6.86. The molecule has 0 aliphatic heterocycles. The van der Waals surface area contributed by atoms with Crippen molar-refractivity contribution in [1.82, 2.24) is 0 Å². The summed E-state index contributed by atoms with van der Waals surface area (Å²) in [5.74, 6) is -0.238. The molecule has 0 unspecified atom stereocenters. The Balaban J connectivity index is 3.25. The van der Waals surface area contributed by atoms with Crippen LogP contribution in [0.4, 0.5) is 13.2 Å². The molecule has 0 fully saturated rings. The van der Waals surface area contributed by atoms with Gasteiger partial charge in [-0.15, -0.1) is 0 Å². The van der Waals surface area contributed by atoms with Gasteiger partial charge in [-0.05, 0) is 28.8 Å². The average Bonchev–Trinajstić information content (AvgIpc) is 2.16. The van der Waals surface area contributed by atoms with Gasteiger partial charge in [0.1, 0.15) is 25.8 Å². The molecule has 1 aromatic carbocycles. The molecule has 4 heteroatoms. The van der Waals surface area contributed by atoms with Gasteiger partial charge >= 0.3 is 0 Å². The van der Waals surface area contributed by atoms with Crippen molar-refractivity contribution in [3.05, 3.63) is 28.8 Å². The van der Waals surface area contributed by atoms with Crippen LogP contribution >= 0.6 is 0 Å².